The highest BCUT2D eigenvalue weighted by Gasteiger charge is 2.41. The van der Waals surface area contributed by atoms with Crippen molar-refractivity contribution in [1.29, 1.82) is 0 Å². The Balaban J connectivity index is 2.40. The maximum Gasteiger partial charge on any atom is 0.146 e. The largest absolute Gasteiger partial charge is 0.392 e. The summed E-state index contributed by atoms with van der Waals surface area (Å²) in [6.07, 6.45) is 0.0843. The molecule has 1 aromatic carbocycles. The van der Waals surface area contributed by atoms with E-state index in [0.29, 0.717) is 6.42 Å². The number of carbonyl (C=O) groups is 1. The highest BCUT2D eigenvalue weighted by Crippen LogP contribution is 2.41. The molecule has 0 radical (unpaired) electrons. The number of hydrogen-bond acceptors (Lipinski definition) is 2. The summed E-state index contributed by atoms with van der Waals surface area (Å²) < 4.78 is 0. The van der Waals surface area contributed by atoms with E-state index < -0.39 is 6.10 Å². The van der Waals surface area contributed by atoms with Crippen LogP contribution in [0.2, 0.25) is 0 Å². The number of aliphatic hydroxyl groups excluding tert-OH is 1. The van der Waals surface area contributed by atoms with Crippen molar-refractivity contribution >= 4 is 5.78 Å². The minimum absolute atomic E-state index is 0.0473. The van der Waals surface area contributed by atoms with Crippen molar-refractivity contribution in [2.45, 2.75) is 32.3 Å². The fourth-order valence-electron chi connectivity index (χ4n) is 2.81. The molecule has 0 unspecified atom stereocenters. The lowest BCUT2D eigenvalue weighted by atomic mass is 9.67. The van der Waals surface area contributed by atoms with Gasteiger partial charge in [0.25, 0.3) is 0 Å². The average Bonchev–Trinajstić information content (AvgIpc) is 2.36. The van der Waals surface area contributed by atoms with Gasteiger partial charge in [-0.05, 0) is 24.8 Å². The zero-order valence-corrected chi connectivity index (χ0v) is 11.0. The third kappa shape index (κ3) is 2.25. The number of rotatable bonds is 2. The monoisotopic (exact) mass is 244 g/mol. The van der Waals surface area contributed by atoms with Crippen molar-refractivity contribution in [3.63, 3.8) is 0 Å². The van der Waals surface area contributed by atoms with E-state index in [0.717, 1.165) is 11.1 Å². The topological polar surface area (TPSA) is 37.3 Å². The van der Waals surface area contributed by atoms with Crippen LogP contribution in [0.4, 0.5) is 0 Å². The first-order valence-corrected chi connectivity index (χ1v) is 6.44. The normalized spacial score (nSPS) is 32.3. The Morgan fingerprint density at radius 2 is 1.94 bits per heavy atom. The molecule has 0 saturated heterocycles. The van der Waals surface area contributed by atoms with Crippen LogP contribution in [0.25, 0.3) is 0 Å². The SMILES string of the molecule is C=C(C)[C@H]1C[C@@H](O)[C@H](C)C(=O)[C@@H]1c1ccccc1. The van der Waals surface area contributed by atoms with Crippen molar-refractivity contribution < 1.29 is 9.90 Å². The first kappa shape index (κ1) is 13.0. The lowest BCUT2D eigenvalue weighted by Gasteiger charge is -2.37. The number of carbonyl (C=O) groups excluding carboxylic acids is 1. The molecular formula is C16H20O2. The second-order valence-corrected chi connectivity index (χ2v) is 5.34. The number of ketones is 1. The lowest BCUT2D eigenvalue weighted by molar-refractivity contribution is -0.132. The van der Waals surface area contributed by atoms with Gasteiger partial charge >= 0.3 is 0 Å². The summed E-state index contributed by atoms with van der Waals surface area (Å²) in [7, 11) is 0. The third-order valence-corrected chi connectivity index (χ3v) is 4.02. The van der Waals surface area contributed by atoms with Gasteiger partial charge in [0.05, 0.1) is 6.10 Å². The second-order valence-electron chi connectivity index (χ2n) is 5.34. The highest BCUT2D eigenvalue weighted by atomic mass is 16.3. The standard InChI is InChI=1S/C16H20O2/c1-10(2)13-9-14(17)11(3)16(18)15(13)12-7-5-4-6-8-12/h4-8,11,13-15,17H,1,9H2,2-3H3/t11-,13+,14+,15+/m0/s1. The molecule has 1 N–H and O–H groups in total. The maximum atomic E-state index is 12.4. The number of Topliss-reactive ketones (excluding diaryl/α,β-unsaturated/α-hetero) is 1. The molecule has 0 amide bonds. The molecule has 1 aromatic rings. The summed E-state index contributed by atoms with van der Waals surface area (Å²) in [5.74, 6) is -0.257. The molecule has 1 aliphatic rings. The van der Waals surface area contributed by atoms with E-state index in [1.54, 1.807) is 0 Å². The molecule has 0 bridgehead atoms. The molecule has 1 aliphatic carbocycles. The second kappa shape index (κ2) is 5.07. The molecule has 1 saturated carbocycles. The van der Waals surface area contributed by atoms with Crippen LogP contribution in [0.5, 0.6) is 0 Å². The zero-order chi connectivity index (χ0) is 13.3. The molecule has 1 fully saturated rings. The van der Waals surface area contributed by atoms with Crippen LogP contribution in [0, 0.1) is 11.8 Å². The van der Waals surface area contributed by atoms with Crippen molar-refractivity contribution in [3.8, 4) is 0 Å². The van der Waals surface area contributed by atoms with Gasteiger partial charge in [-0.3, -0.25) is 4.79 Å². The van der Waals surface area contributed by atoms with Crippen LogP contribution >= 0.6 is 0 Å². The summed E-state index contributed by atoms with van der Waals surface area (Å²) in [5.41, 5.74) is 2.01. The zero-order valence-electron chi connectivity index (χ0n) is 11.0. The van der Waals surface area contributed by atoms with Crippen molar-refractivity contribution in [2.75, 3.05) is 0 Å². The molecule has 0 spiro atoms. The van der Waals surface area contributed by atoms with Gasteiger partial charge < -0.3 is 5.11 Å². The molecular weight excluding hydrogens is 224 g/mol. The molecule has 2 nitrogen and oxygen atoms in total. The molecule has 4 atom stereocenters. The number of benzene rings is 1. The maximum absolute atomic E-state index is 12.4. The predicted molar refractivity (Wildman–Crippen MR) is 72.3 cm³/mol. The first-order valence-electron chi connectivity index (χ1n) is 6.44. The van der Waals surface area contributed by atoms with E-state index in [1.807, 2.05) is 44.2 Å². The van der Waals surface area contributed by atoms with Gasteiger partial charge in [-0.2, -0.15) is 0 Å². The average molecular weight is 244 g/mol. The van der Waals surface area contributed by atoms with E-state index >= 15 is 0 Å². The van der Waals surface area contributed by atoms with Gasteiger partial charge in [0.1, 0.15) is 5.78 Å². The van der Waals surface area contributed by atoms with E-state index in [2.05, 4.69) is 6.58 Å². The third-order valence-electron chi connectivity index (χ3n) is 4.02. The summed E-state index contributed by atoms with van der Waals surface area (Å²) >= 11 is 0. The Hall–Kier alpha value is -1.41. The molecule has 0 aliphatic heterocycles. The Morgan fingerprint density at radius 1 is 1.33 bits per heavy atom. The van der Waals surface area contributed by atoms with Gasteiger partial charge in [0.15, 0.2) is 0 Å². The fraction of sp³-hybridized carbons (Fsp3) is 0.438. The van der Waals surface area contributed by atoms with E-state index in [-0.39, 0.29) is 23.5 Å². The van der Waals surface area contributed by atoms with Gasteiger partial charge in [0, 0.05) is 11.8 Å². The van der Waals surface area contributed by atoms with Gasteiger partial charge in [-0.25, -0.2) is 0 Å². The summed E-state index contributed by atoms with van der Waals surface area (Å²) in [6.45, 7) is 7.74. The molecule has 2 rings (SSSR count). The number of aliphatic hydroxyl groups is 1. The predicted octanol–water partition coefficient (Wildman–Crippen LogP) is 2.93. The van der Waals surface area contributed by atoms with E-state index in [9.17, 15) is 9.90 Å². The minimum Gasteiger partial charge on any atom is -0.392 e. The first-order chi connectivity index (χ1) is 8.52. The minimum atomic E-state index is -0.542. The van der Waals surface area contributed by atoms with Gasteiger partial charge in [0.2, 0.25) is 0 Å². The summed E-state index contributed by atoms with van der Waals surface area (Å²) in [6, 6.07) is 9.83. The van der Waals surface area contributed by atoms with Crippen molar-refractivity contribution in [3.05, 3.63) is 48.0 Å². The Bertz CT molecular complexity index is 449. The lowest BCUT2D eigenvalue weighted by Crippen LogP contribution is -2.41. The van der Waals surface area contributed by atoms with E-state index in [1.165, 1.54) is 0 Å². The van der Waals surface area contributed by atoms with Crippen LogP contribution in [-0.4, -0.2) is 17.0 Å². The quantitative estimate of drug-likeness (QED) is 0.812. The van der Waals surface area contributed by atoms with Crippen molar-refractivity contribution in [2.24, 2.45) is 11.8 Å². The molecule has 18 heavy (non-hydrogen) atoms. The van der Waals surface area contributed by atoms with Crippen molar-refractivity contribution in [1.82, 2.24) is 0 Å². The smallest absolute Gasteiger partial charge is 0.146 e. The summed E-state index contributed by atoms with van der Waals surface area (Å²) in [5, 5.41) is 9.97. The van der Waals surface area contributed by atoms with Crippen LogP contribution in [-0.2, 0) is 4.79 Å². The van der Waals surface area contributed by atoms with Crippen LogP contribution in [0.15, 0.2) is 42.5 Å². The van der Waals surface area contributed by atoms with Crippen LogP contribution < -0.4 is 0 Å². The Labute approximate surface area is 108 Å². The number of allylic oxidation sites excluding steroid dienone is 1. The highest BCUT2D eigenvalue weighted by molar-refractivity contribution is 5.89. The molecule has 96 valence electrons. The van der Waals surface area contributed by atoms with Gasteiger partial charge in [-0.1, -0.05) is 49.4 Å². The summed E-state index contributed by atoms with van der Waals surface area (Å²) in [4.78, 5) is 12.4. The molecule has 0 heterocycles. The molecule has 0 aromatic heterocycles. The number of hydrogen-bond donors (Lipinski definition) is 1. The van der Waals surface area contributed by atoms with Crippen LogP contribution in [0.3, 0.4) is 0 Å². The van der Waals surface area contributed by atoms with E-state index in [4.69, 9.17) is 0 Å². The van der Waals surface area contributed by atoms with Crippen LogP contribution in [0.1, 0.15) is 31.7 Å². The molecule has 2 heteroatoms. The Morgan fingerprint density at radius 3 is 2.50 bits per heavy atom. The Kier molecular flexibility index (Phi) is 3.67. The van der Waals surface area contributed by atoms with Gasteiger partial charge in [-0.15, -0.1) is 0 Å². The fourth-order valence-corrected chi connectivity index (χ4v) is 2.81.